The van der Waals surface area contributed by atoms with E-state index in [1.54, 1.807) is 0 Å². The summed E-state index contributed by atoms with van der Waals surface area (Å²) in [5.41, 5.74) is 4.29. The lowest BCUT2D eigenvalue weighted by atomic mass is 9.89. The van der Waals surface area contributed by atoms with Gasteiger partial charge in [0.25, 0.3) is 0 Å². The van der Waals surface area contributed by atoms with Crippen LogP contribution in [0.5, 0.6) is 11.5 Å². The third kappa shape index (κ3) is 12.6. The predicted molar refractivity (Wildman–Crippen MR) is 264 cm³/mol. The van der Waals surface area contributed by atoms with E-state index in [1.807, 2.05) is 19.9 Å². The van der Waals surface area contributed by atoms with Crippen molar-refractivity contribution in [3.63, 3.8) is 0 Å². The Bertz CT molecular complexity index is 2550. The first-order valence-corrected chi connectivity index (χ1v) is 24.6. The highest BCUT2D eigenvalue weighted by atomic mass is 79.9. The molecule has 2 N–H and O–H groups in total. The molecule has 2 fully saturated rings. The van der Waals surface area contributed by atoms with E-state index in [4.69, 9.17) is 30.5 Å². The maximum absolute atomic E-state index is 13.8. The van der Waals surface area contributed by atoms with Crippen molar-refractivity contribution in [2.24, 2.45) is 0 Å². The number of halogens is 4. The number of piperidine rings is 2. The van der Waals surface area contributed by atoms with Crippen LogP contribution in [-0.2, 0) is 22.6 Å². The molecule has 0 unspecified atom stereocenters. The van der Waals surface area contributed by atoms with E-state index >= 15 is 0 Å². The van der Waals surface area contributed by atoms with Gasteiger partial charge in [-0.15, -0.1) is 0 Å². The van der Waals surface area contributed by atoms with Gasteiger partial charge in [0, 0.05) is 77.6 Å². The Morgan fingerprint density at radius 1 is 0.647 bits per heavy atom. The van der Waals surface area contributed by atoms with Gasteiger partial charge in [0.2, 0.25) is 0 Å². The van der Waals surface area contributed by atoms with Crippen LogP contribution in [0, 0.1) is 11.6 Å². The second-order valence-corrected chi connectivity index (χ2v) is 18.3. The number of ether oxygens (including phenoxy) is 4. The quantitative estimate of drug-likeness (QED) is 0.0714. The van der Waals surface area contributed by atoms with Gasteiger partial charge < -0.3 is 38.3 Å². The van der Waals surface area contributed by atoms with E-state index in [0.717, 1.165) is 86.6 Å². The zero-order valence-corrected chi connectivity index (χ0v) is 41.0. The second kappa shape index (κ2) is 24.5. The summed E-state index contributed by atoms with van der Waals surface area (Å²) in [7, 11) is 0. The largest absolute Gasteiger partial charge is 0.491 e. The molecule has 0 aliphatic carbocycles. The molecule has 12 nitrogen and oxygen atoms in total. The van der Waals surface area contributed by atoms with Crippen LogP contribution >= 0.6 is 27.5 Å². The molecule has 0 spiro atoms. The van der Waals surface area contributed by atoms with Gasteiger partial charge in [-0.3, -0.25) is 9.80 Å². The first-order chi connectivity index (χ1) is 33.0. The smallest absolute Gasteiger partial charge is 0.342 e. The van der Waals surface area contributed by atoms with Gasteiger partial charge in [-0.1, -0.05) is 35.9 Å². The number of rotatable bonds is 20. The number of aromatic nitrogens is 2. The van der Waals surface area contributed by atoms with E-state index in [2.05, 4.69) is 77.6 Å². The maximum Gasteiger partial charge on any atom is 0.342 e. The third-order valence-corrected chi connectivity index (χ3v) is 13.8. The van der Waals surface area contributed by atoms with Crippen molar-refractivity contribution in [1.82, 2.24) is 18.9 Å². The minimum Gasteiger partial charge on any atom is -0.491 e. The van der Waals surface area contributed by atoms with Crippen molar-refractivity contribution in [2.45, 2.75) is 64.5 Å². The topological polar surface area (TPSA) is 128 Å². The molecule has 2 aromatic heterocycles. The number of para-hydroxylation sites is 1. The van der Waals surface area contributed by atoms with Crippen LogP contribution in [0.4, 0.5) is 8.78 Å². The Balaban J connectivity index is 0.000000201. The minimum atomic E-state index is -1.32. The Hall–Kier alpha value is -5.03. The fourth-order valence-corrected chi connectivity index (χ4v) is 10.2. The molecular weight excluding hydrogens is 962 g/mol. The van der Waals surface area contributed by atoms with E-state index < -0.39 is 34.7 Å². The molecule has 2 saturated heterocycles. The first kappa shape index (κ1) is 50.8. The fourth-order valence-electron chi connectivity index (χ4n) is 9.43. The maximum atomic E-state index is 13.8. The Labute approximate surface area is 409 Å². The van der Waals surface area contributed by atoms with Crippen LogP contribution in [-0.4, -0.2) is 120 Å². The molecule has 0 saturated carbocycles. The van der Waals surface area contributed by atoms with Crippen molar-refractivity contribution >= 4 is 61.3 Å². The number of aromatic carboxylic acids is 2. The van der Waals surface area contributed by atoms with Gasteiger partial charge in [0.1, 0.15) is 47.5 Å². The molecule has 16 heteroatoms. The van der Waals surface area contributed by atoms with Crippen LogP contribution in [0.3, 0.4) is 0 Å². The molecule has 68 heavy (non-hydrogen) atoms. The van der Waals surface area contributed by atoms with Crippen molar-refractivity contribution in [3.05, 3.63) is 129 Å². The molecule has 2 aliphatic rings. The number of benzene rings is 4. The highest BCUT2D eigenvalue weighted by Crippen LogP contribution is 2.38. The monoisotopic (exact) mass is 1020 g/mol. The third-order valence-electron chi connectivity index (χ3n) is 12.9. The molecule has 0 bridgehead atoms. The first-order valence-electron chi connectivity index (χ1n) is 23.4. The number of hydrogen-bond acceptors (Lipinski definition) is 8. The Morgan fingerprint density at radius 3 is 1.65 bits per heavy atom. The SMILES string of the molecule is CCOCCn1cc(C2CCN(CCOc3cccc(F)c3C(=O)O)CC2)c2cc(Cl)ccc21.CCOCCn1cc(C2CCN(CCOc3cccc(F)c3C(=O)O)CC2)c2cccc(Br)c21. The van der Waals surface area contributed by atoms with Crippen molar-refractivity contribution < 1.29 is 47.5 Å². The lowest BCUT2D eigenvalue weighted by molar-refractivity contribution is 0.0674. The van der Waals surface area contributed by atoms with Gasteiger partial charge in [-0.05, 0) is 153 Å². The molecule has 0 amide bonds. The number of nitrogens with zero attached hydrogens (tertiary/aromatic N) is 4. The van der Waals surface area contributed by atoms with Crippen molar-refractivity contribution in [2.75, 3.05) is 78.9 Å². The van der Waals surface area contributed by atoms with E-state index in [-0.39, 0.29) is 11.5 Å². The zero-order chi connectivity index (χ0) is 48.2. The van der Waals surface area contributed by atoms with Gasteiger partial charge >= 0.3 is 11.9 Å². The summed E-state index contributed by atoms with van der Waals surface area (Å²) in [6.45, 7) is 14.1. The van der Waals surface area contributed by atoms with Crippen molar-refractivity contribution in [3.8, 4) is 11.5 Å². The second-order valence-electron chi connectivity index (χ2n) is 17.0. The standard InChI is InChI=1S/C26H30BrFN2O4.C26H30ClFN2O4/c1-2-33-15-14-30-17-20(19-5-3-6-21(27)25(19)30)18-9-11-29(12-10-18)13-16-34-23-8-4-7-22(28)24(23)26(31)32;1-2-33-14-13-30-17-21(20-16-19(27)6-7-23(20)30)18-8-10-29(11-9-18)12-15-34-24-5-3-4-22(28)25(24)26(31)32/h3-8,17-18H,2,9-16H2,1H3,(H,31,32);3-7,16-18H,2,8-15H2,1H3,(H,31,32). The summed E-state index contributed by atoms with van der Waals surface area (Å²) >= 11 is 10.0. The van der Waals surface area contributed by atoms with Crippen LogP contribution < -0.4 is 9.47 Å². The molecule has 364 valence electrons. The summed E-state index contributed by atoms with van der Waals surface area (Å²) in [4.78, 5) is 27.3. The van der Waals surface area contributed by atoms with Gasteiger partial charge in [-0.25, -0.2) is 18.4 Å². The summed E-state index contributed by atoms with van der Waals surface area (Å²) in [5, 5.41) is 21.7. The number of carbonyl (C=O) groups is 2. The fraction of sp³-hybridized carbons (Fsp3) is 0.423. The van der Waals surface area contributed by atoms with E-state index in [0.29, 0.717) is 64.6 Å². The molecule has 8 rings (SSSR count). The zero-order valence-electron chi connectivity index (χ0n) is 38.6. The Morgan fingerprint density at radius 2 is 1.13 bits per heavy atom. The molecule has 0 radical (unpaired) electrons. The minimum absolute atomic E-state index is 0.0686. The number of carboxylic acids is 2. The van der Waals surface area contributed by atoms with Gasteiger partial charge in [0.15, 0.2) is 0 Å². The van der Waals surface area contributed by atoms with Gasteiger partial charge in [0.05, 0.1) is 18.7 Å². The molecule has 2 aliphatic heterocycles. The number of hydrogen-bond donors (Lipinski definition) is 2. The summed E-state index contributed by atoms with van der Waals surface area (Å²) < 4.78 is 55.7. The predicted octanol–water partition coefficient (Wildman–Crippen LogP) is 11.0. The molecule has 6 aromatic rings. The molecular formula is C52H60BrClF2N4O8. The van der Waals surface area contributed by atoms with Crippen LogP contribution in [0.15, 0.2) is 89.7 Å². The molecule has 4 aromatic carbocycles. The number of likely N-dealkylation sites (tertiary alicyclic amines) is 2. The Kier molecular flexibility index (Phi) is 18.3. The summed E-state index contributed by atoms with van der Waals surface area (Å²) in [6.07, 6.45) is 8.64. The van der Waals surface area contributed by atoms with Crippen LogP contribution in [0.2, 0.25) is 5.02 Å². The number of fused-ring (bicyclic) bond motifs is 2. The lowest BCUT2D eigenvalue weighted by Gasteiger charge is -2.31. The molecule has 4 heterocycles. The van der Waals surface area contributed by atoms with Crippen molar-refractivity contribution in [1.29, 1.82) is 0 Å². The van der Waals surface area contributed by atoms with Crippen LogP contribution in [0.25, 0.3) is 21.8 Å². The summed E-state index contributed by atoms with van der Waals surface area (Å²) in [6, 6.07) is 20.6. The highest BCUT2D eigenvalue weighted by Gasteiger charge is 2.27. The van der Waals surface area contributed by atoms with Crippen LogP contribution in [0.1, 0.15) is 83.2 Å². The highest BCUT2D eigenvalue weighted by molar-refractivity contribution is 9.10. The lowest BCUT2D eigenvalue weighted by Crippen LogP contribution is -2.36. The van der Waals surface area contributed by atoms with E-state index in [9.17, 15) is 28.6 Å². The van der Waals surface area contributed by atoms with E-state index in [1.165, 1.54) is 57.2 Å². The normalized spacial score (nSPS) is 15.1. The molecule has 0 atom stereocenters. The number of carboxylic acid groups (broad SMARTS) is 2. The average molecular weight is 1020 g/mol. The summed E-state index contributed by atoms with van der Waals surface area (Å²) in [5.74, 6) is -3.15. The van der Waals surface area contributed by atoms with Gasteiger partial charge in [-0.2, -0.15) is 0 Å². The average Bonchev–Trinajstić information content (AvgIpc) is 3.88.